The number of anilines is 1. The van der Waals surface area contributed by atoms with Gasteiger partial charge in [-0.15, -0.1) is 16.9 Å². The first-order chi connectivity index (χ1) is 15.1. The summed E-state index contributed by atoms with van der Waals surface area (Å²) in [6, 6.07) is 19.3. The van der Waals surface area contributed by atoms with Gasteiger partial charge in [-0.25, -0.2) is 10.1 Å². The van der Waals surface area contributed by atoms with Crippen LogP contribution in [-0.2, 0) is 5.75 Å². The first-order valence-electron chi connectivity index (χ1n) is 9.24. The minimum Gasteiger partial charge on any atom is -0.378 e. The van der Waals surface area contributed by atoms with Gasteiger partial charge in [-0.1, -0.05) is 53.7 Å². The molecule has 11 heteroatoms. The minimum absolute atomic E-state index is 0.0424. The molecule has 3 N–H and O–H groups in total. The Morgan fingerprint density at radius 3 is 2.52 bits per heavy atom. The Hall–Kier alpha value is -3.99. The van der Waals surface area contributed by atoms with Crippen molar-refractivity contribution in [3.63, 3.8) is 0 Å². The molecule has 0 fully saturated rings. The molecule has 1 amide bonds. The van der Waals surface area contributed by atoms with E-state index in [0.29, 0.717) is 17.2 Å². The van der Waals surface area contributed by atoms with Crippen molar-refractivity contribution < 1.29 is 9.42 Å². The van der Waals surface area contributed by atoms with Crippen LogP contribution in [0.4, 0.5) is 5.82 Å². The molecular formula is C20H18N8O2S. The number of aromatic nitrogens is 5. The molecule has 0 spiro atoms. The first kappa shape index (κ1) is 20.3. The van der Waals surface area contributed by atoms with E-state index < -0.39 is 5.91 Å². The van der Waals surface area contributed by atoms with Gasteiger partial charge in [0, 0.05) is 10.6 Å². The summed E-state index contributed by atoms with van der Waals surface area (Å²) in [5, 5.41) is 19.6. The zero-order chi connectivity index (χ0) is 21.6. The fourth-order valence-corrected chi connectivity index (χ4v) is 3.63. The second-order valence-corrected chi connectivity index (χ2v) is 7.42. The lowest BCUT2D eigenvalue weighted by molar-refractivity contribution is 0.0949. The molecule has 2 heterocycles. The van der Waals surface area contributed by atoms with Crippen LogP contribution in [0.15, 0.2) is 75.3 Å². The van der Waals surface area contributed by atoms with Crippen LogP contribution in [0.2, 0.25) is 0 Å². The van der Waals surface area contributed by atoms with Gasteiger partial charge in [0.15, 0.2) is 5.69 Å². The van der Waals surface area contributed by atoms with Crippen molar-refractivity contribution in [2.75, 3.05) is 5.73 Å². The summed E-state index contributed by atoms with van der Waals surface area (Å²) in [5.41, 5.74) is 10.5. The summed E-state index contributed by atoms with van der Waals surface area (Å²) >= 11 is 1.51. The molecule has 0 aliphatic heterocycles. The molecule has 0 unspecified atom stereocenters. The fraction of sp³-hybridized carbons (Fsp3) is 0.100. The zero-order valence-electron chi connectivity index (χ0n) is 16.5. The normalized spacial score (nSPS) is 11.5. The summed E-state index contributed by atoms with van der Waals surface area (Å²) in [6.45, 7) is 1.81. The van der Waals surface area contributed by atoms with Crippen molar-refractivity contribution in [2.24, 2.45) is 5.10 Å². The van der Waals surface area contributed by atoms with Crippen LogP contribution >= 0.6 is 11.8 Å². The van der Waals surface area contributed by atoms with E-state index in [4.69, 9.17) is 5.73 Å². The number of thioether (sulfide) groups is 1. The number of rotatable bonds is 7. The van der Waals surface area contributed by atoms with Crippen LogP contribution < -0.4 is 11.2 Å². The van der Waals surface area contributed by atoms with Gasteiger partial charge in [-0.2, -0.15) is 9.78 Å². The highest BCUT2D eigenvalue weighted by Crippen LogP contribution is 2.25. The molecule has 0 radical (unpaired) electrons. The van der Waals surface area contributed by atoms with E-state index in [2.05, 4.69) is 35.8 Å². The molecule has 0 saturated carbocycles. The van der Waals surface area contributed by atoms with Gasteiger partial charge in [-0.05, 0) is 34.9 Å². The van der Waals surface area contributed by atoms with Crippen molar-refractivity contribution in [2.45, 2.75) is 17.6 Å². The van der Waals surface area contributed by atoms with Gasteiger partial charge in [0.1, 0.15) is 0 Å². The van der Waals surface area contributed by atoms with Crippen LogP contribution in [-0.4, -0.2) is 36.9 Å². The number of carbonyl (C=O) groups is 1. The van der Waals surface area contributed by atoms with E-state index in [9.17, 15) is 4.79 Å². The van der Waals surface area contributed by atoms with E-state index in [1.807, 2.05) is 60.7 Å². The topological polar surface area (TPSA) is 137 Å². The maximum absolute atomic E-state index is 12.8. The van der Waals surface area contributed by atoms with E-state index in [1.54, 1.807) is 6.92 Å². The number of nitrogens with one attached hydrogen (secondary N) is 1. The predicted octanol–water partition coefficient (Wildman–Crippen LogP) is 2.68. The molecule has 31 heavy (non-hydrogen) atoms. The van der Waals surface area contributed by atoms with Gasteiger partial charge in [-0.3, -0.25) is 4.79 Å². The van der Waals surface area contributed by atoms with Crippen molar-refractivity contribution in [1.82, 2.24) is 30.7 Å². The van der Waals surface area contributed by atoms with Crippen LogP contribution in [0.3, 0.4) is 0 Å². The number of nitrogens with two attached hydrogens (primary N) is 1. The number of amides is 1. The largest absolute Gasteiger partial charge is 0.378 e. The second-order valence-electron chi connectivity index (χ2n) is 6.38. The molecule has 2 aromatic heterocycles. The number of nitrogen functional groups attached to an aromatic ring is 1. The predicted molar refractivity (Wildman–Crippen MR) is 116 cm³/mol. The molecule has 0 saturated heterocycles. The van der Waals surface area contributed by atoms with E-state index >= 15 is 0 Å². The molecule has 2 aromatic carbocycles. The van der Waals surface area contributed by atoms with Gasteiger partial charge in [0.05, 0.1) is 11.4 Å². The summed E-state index contributed by atoms with van der Waals surface area (Å²) < 4.78 is 6.02. The Bertz CT molecular complexity index is 1200. The maximum Gasteiger partial charge on any atom is 0.293 e. The summed E-state index contributed by atoms with van der Waals surface area (Å²) in [7, 11) is 0. The Balaban J connectivity index is 1.61. The highest BCUT2D eigenvalue weighted by Gasteiger charge is 2.24. The minimum atomic E-state index is -0.500. The van der Waals surface area contributed by atoms with Gasteiger partial charge in [0.2, 0.25) is 11.6 Å². The zero-order valence-corrected chi connectivity index (χ0v) is 17.3. The van der Waals surface area contributed by atoms with Crippen molar-refractivity contribution in [3.8, 4) is 5.82 Å². The van der Waals surface area contributed by atoms with Gasteiger partial charge < -0.3 is 5.73 Å². The molecule has 156 valence electrons. The maximum atomic E-state index is 12.8. The van der Waals surface area contributed by atoms with Crippen molar-refractivity contribution in [3.05, 3.63) is 77.6 Å². The third-order valence-electron chi connectivity index (χ3n) is 4.31. The van der Waals surface area contributed by atoms with Gasteiger partial charge >= 0.3 is 0 Å². The summed E-state index contributed by atoms with van der Waals surface area (Å²) in [6.07, 6.45) is 0. The lowest BCUT2D eigenvalue weighted by atomic mass is 10.1. The molecule has 4 aromatic rings. The standard InChI is InChI=1S/C20H18N8O2S/c1-13(14-8-4-2-5-9-14)22-24-20(29)17-16(12-31-15-10-6-3-7-11-15)28(27-23-17)19-18(21)25-30-26-19/h2-11H,12H2,1H3,(H2,21,25)(H,24,29)/b22-13+. The van der Waals surface area contributed by atoms with Crippen LogP contribution in [0.1, 0.15) is 28.7 Å². The van der Waals surface area contributed by atoms with Crippen LogP contribution in [0.25, 0.3) is 5.82 Å². The summed E-state index contributed by atoms with van der Waals surface area (Å²) in [4.78, 5) is 13.9. The second kappa shape index (κ2) is 9.22. The Kier molecular flexibility index (Phi) is 6.03. The van der Waals surface area contributed by atoms with Crippen molar-refractivity contribution in [1.29, 1.82) is 0 Å². The Labute approximate surface area is 181 Å². The molecule has 4 rings (SSSR count). The van der Waals surface area contributed by atoms with E-state index in [-0.39, 0.29) is 17.3 Å². The molecule has 0 aliphatic rings. The molecule has 0 aliphatic carbocycles. The van der Waals surface area contributed by atoms with Crippen LogP contribution in [0.5, 0.6) is 0 Å². The molecule has 10 nitrogen and oxygen atoms in total. The highest BCUT2D eigenvalue weighted by atomic mass is 32.2. The number of benzene rings is 2. The number of hydrazone groups is 1. The number of hydrogen-bond acceptors (Lipinski definition) is 9. The quantitative estimate of drug-likeness (QED) is 0.257. The number of hydrogen-bond donors (Lipinski definition) is 2. The van der Waals surface area contributed by atoms with Crippen molar-refractivity contribution >= 4 is 29.2 Å². The van der Waals surface area contributed by atoms with Gasteiger partial charge in [0.25, 0.3) is 5.91 Å². The smallest absolute Gasteiger partial charge is 0.293 e. The highest BCUT2D eigenvalue weighted by molar-refractivity contribution is 7.98. The average molecular weight is 434 g/mol. The summed E-state index contributed by atoms with van der Waals surface area (Å²) in [5.74, 6) is 0.0909. The molecular weight excluding hydrogens is 416 g/mol. The monoisotopic (exact) mass is 434 g/mol. The lowest BCUT2D eigenvalue weighted by Gasteiger charge is -2.06. The molecule has 0 atom stereocenters. The Morgan fingerprint density at radius 1 is 1.13 bits per heavy atom. The fourth-order valence-electron chi connectivity index (χ4n) is 2.72. The van der Waals surface area contributed by atoms with E-state index in [1.165, 1.54) is 16.4 Å². The van der Waals surface area contributed by atoms with E-state index in [0.717, 1.165) is 10.5 Å². The average Bonchev–Trinajstić information content (AvgIpc) is 3.42. The first-order valence-corrected chi connectivity index (χ1v) is 10.2. The van der Waals surface area contributed by atoms with Crippen LogP contribution in [0, 0.1) is 0 Å². The SMILES string of the molecule is C/C(=N\NC(=O)c1nnn(-c2nonc2N)c1CSc1ccccc1)c1ccccc1. The third-order valence-corrected chi connectivity index (χ3v) is 5.33. The number of nitrogens with zero attached hydrogens (tertiary/aromatic N) is 6. The Morgan fingerprint density at radius 2 is 1.84 bits per heavy atom. The lowest BCUT2D eigenvalue weighted by Crippen LogP contribution is -2.21. The number of carbonyl (C=O) groups excluding carboxylic acids is 1. The third kappa shape index (κ3) is 4.61. The molecule has 0 bridgehead atoms.